The van der Waals surface area contributed by atoms with Crippen molar-refractivity contribution in [3.63, 3.8) is 0 Å². The van der Waals surface area contributed by atoms with Gasteiger partial charge in [-0.2, -0.15) is 5.26 Å². The van der Waals surface area contributed by atoms with Crippen LogP contribution in [0.25, 0.3) is 10.9 Å². The highest BCUT2D eigenvalue weighted by atomic mass is 16.6. The fourth-order valence-electron chi connectivity index (χ4n) is 2.27. The molecule has 0 saturated carbocycles. The second kappa shape index (κ2) is 6.13. The van der Waals surface area contributed by atoms with Crippen LogP contribution in [0.4, 0.5) is 0 Å². The highest BCUT2D eigenvalue weighted by Gasteiger charge is 2.19. The normalized spacial score (nSPS) is 11.1. The first-order chi connectivity index (χ1) is 10.7. The summed E-state index contributed by atoms with van der Waals surface area (Å²) in [4.78, 5) is 23.6. The third-order valence-corrected chi connectivity index (χ3v) is 3.14. The molecule has 1 heterocycles. The second-order valence-electron chi connectivity index (χ2n) is 6.09. The fraction of sp³-hybridized carbons (Fsp3) is 0.353. The SMILES string of the molecule is COC(=O)c1ccc2c(c1)c(C#N)cn2CC(=O)OC(C)(C)C. The highest BCUT2D eigenvalue weighted by molar-refractivity contribution is 5.97. The fourth-order valence-corrected chi connectivity index (χ4v) is 2.27. The van der Waals surface area contributed by atoms with Crippen LogP contribution in [-0.2, 0) is 20.8 Å². The molecule has 0 aliphatic carbocycles. The molecule has 23 heavy (non-hydrogen) atoms. The smallest absolute Gasteiger partial charge is 0.337 e. The van der Waals surface area contributed by atoms with Crippen molar-refractivity contribution in [3.8, 4) is 6.07 Å². The van der Waals surface area contributed by atoms with E-state index in [-0.39, 0.29) is 6.54 Å². The van der Waals surface area contributed by atoms with Gasteiger partial charge in [0.05, 0.1) is 18.2 Å². The van der Waals surface area contributed by atoms with Crippen molar-refractivity contribution < 1.29 is 19.1 Å². The minimum atomic E-state index is -0.573. The number of esters is 2. The van der Waals surface area contributed by atoms with Crippen LogP contribution in [0.2, 0.25) is 0 Å². The van der Waals surface area contributed by atoms with E-state index in [0.717, 1.165) is 0 Å². The van der Waals surface area contributed by atoms with Gasteiger partial charge in [-0.15, -0.1) is 0 Å². The van der Waals surface area contributed by atoms with Gasteiger partial charge in [-0.25, -0.2) is 4.79 Å². The molecule has 0 spiro atoms. The van der Waals surface area contributed by atoms with E-state index in [9.17, 15) is 14.9 Å². The molecule has 0 aliphatic rings. The van der Waals surface area contributed by atoms with E-state index in [0.29, 0.717) is 22.0 Å². The van der Waals surface area contributed by atoms with Gasteiger partial charge >= 0.3 is 11.9 Å². The summed E-state index contributed by atoms with van der Waals surface area (Å²) in [6.07, 6.45) is 1.58. The topological polar surface area (TPSA) is 81.3 Å². The van der Waals surface area contributed by atoms with E-state index in [1.807, 2.05) is 0 Å². The van der Waals surface area contributed by atoms with Crippen LogP contribution in [0.3, 0.4) is 0 Å². The number of rotatable bonds is 3. The summed E-state index contributed by atoms with van der Waals surface area (Å²) in [6.45, 7) is 5.37. The summed E-state index contributed by atoms with van der Waals surface area (Å²) in [5.74, 6) is -0.869. The molecule has 1 aromatic heterocycles. The summed E-state index contributed by atoms with van der Waals surface area (Å²) >= 11 is 0. The standard InChI is InChI=1S/C17H18N2O4/c1-17(2,3)23-15(20)10-19-9-12(8-18)13-7-11(16(21)22-4)5-6-14(13)19/h5-7,9H,10H2,1-4H3. The molecule has 0 aliphatic heterocycles. The molecule has 6 nitrogen and oxygen atoms in total. The van der Waals surface area contributed by atoms with Crippen LogP contribution in [-0.4, -0.2) is 29.2 Å². The highest BCUT2D eigenvalue weighted by Crippen LogP contribution is 2.23. The third kappa shape index (κ3) is 3.69. The average Bonchev–Trinajstić information content (AvgIpc) is 2.81. The van der Waals surface area contributed by atoms with Gasteiger partial charge in [0.15, 0.2) is 0 Å². The van der Waals surface area contributed by atoms with Gasteiger partial charge in [-0.05, 0) is 39.0 Å². The van der Waals surface area contributed by atoms with Crippen LogP contribution >= 0.6 is 0 Å². The van der Waals surface area contributed by atoms with Crippen molar-refractivity contribution in [1.82, 2.24) is 4.57 Å². The summed E-state index contributed by atoms with van der Waals surface area (Å²) in [5.41, 5.74) is 0.844. The molecule has 0 atom stereocenters. The zero-order valence-electron chi connectivity index (χ0n) is 13.5. The molecular formula is C17H18N2O4. The maximum absolute atomic E-state index is 12.0. The lowest BCUT2D eigenvalue weighted by Gasteiger charge is -2.19. The minimum absolute atomic E-state index is 0.00692. The first kappa shape index (κ1) is 16.6. The number of methoxy groups -OCH3 is 1. The maximum atomic E-state index is 12.0. The molecule has 0 bridgehead atoms. The molecule has 0 fully saturated rings. The molecule has 0 saturated heterocycles. The van der Waals surface area contributed by atoms with E-state index in [4.69, 9.17) is 4.74 Å². The maximum Gasteiger partial charge on any atom is 0.337 e. The molecule has 2 rings (SSSR count). The number of benzene rings is 1. The number of carbonyl (C=O) groups is 2. The zero-order chi connectivity index (χ0) is 17.2. The minimum Gasteiger partial charge on any atom is -0.465 e. The van der Waals surface area contributed by atoms with Crippen molar-refractivity contribution in [2.45, 2.75) is 32.9 Å². The van der Waals surface area contributed by atoms with E-state index in [1.54, 1.807) is 49.7 Å². The monoisotopic (exact) mass is 314 g/mol. The number of nitriles is 1. The van der Waals surface area contributed by atoms with E-state index in [2.05, 4.69) is 10.8 Å². The summed E-state index contributed by atoms with van der Waals surface area (Å²) in [6, 6.07) is 6.94. The number of nitrogens with zero attached hydrogens (tertiary/aromatic N) is 2. The Labute approximate surface area is 134 Å². The summed E-state index contributed by atoms with van der Waals surface area (Å²) < 4.78 is 11.6. The Morgan fingerprint density at radius 1 is 1.30 bits per heavy atom. The van der Waals surface area contributed by atoms with Crippen molar-refractivity contribution in [1.29, 1.82) is 5.26 Å². The molecule has 120 valence electrons. The third-order valence-electron chi connectivity index (χ3n) is 3.14. The van der Waals surface area contributed by atoms with Crippen LogP contribution in [0.5, 0.6) is 0 Å². The van der Waals surface area contributed by atoms with Crippen molar-refractivity contribution >= 4 is 22.8 Å². The van der Waals surface area contributed by atoms with Crippen molar-refractivity contribution in [3.05, 3.63) is 35.5 Å². The van der Waals surface area contributed by atoms with Gasteiger partial charge in [0.25, 0.3) is 0 Å². The lowest BCUT2D eigenvalue weighted by molar-refractivity contribution is -0.155. The second-order valence-corrected chi connectivity index (χ2v) is 6.09. The van der Waals surface area contributed by atoms with Crippen molar-refractivity contribution in [2.24, 2.45) is 0 Å². The van der Waals surface area contributed by atoms with E-state index in [1.165, 1.54) is 7.11 Å². The van der Waals surface area contributed by atoms with Gasteiger partial charge < -0.3 is 14.0 Å². The number of ether oxygens (including phenoxy) is 2. The molecule has 0 amide bonds. The van der Waals surface area contributed by atoms with Crippen LogP contribution < -0.4 is 0 Å². The zero-order valence-corrected chi connectivity index (χ0v) is 13.5. The Bertz CT molecular complexity index is 806. The molecule has 0 radical (unpaired) electrons. The summed E-state index contributed by atoms with van der Waals surface area (Å²) in [5, 5.41) is 9.86. The van der Waals surface area contributed by atoms with E-state index < -0.39 is 17.5 Å². The molecular weight excluding hydrogens is 296 g/mol. The van der Waals surface area contributed by atoms with Crippen molar-refractivity contribution in [2.75, 3.05) is 7.11 Å². The number of hydrogen-bond acceptors (Lipinski definition) is 5. The van der Waals surface area contributed by atoms with Gasteiger partial charge in [0.1, 0.15) is 18.2 Å². The number of aromatic nitrogens is 1. The number of fused-ring (bicyclic) bond motifs is 1. The Morgan fingerprint density at radius 2 is 2.00 bits per heavy atom. The van der Waals surface area contributed by atoms with Gasteiger partial charge in [0, 0.05) is 17.1 Å². The Kier molecular flexibility index (Phi) is 4.41. The van der Waals surface area contributed by atoms with Gasteiger partial charge in [0.2, 0.25) is 0 Å². The lowest BCUT2D eigenvalue weighted by Crippen LogP contribution is -2.26. The lowest BCUT2D eigenvalue weighted by atomic mass is 10.1. The molecule has 0 N–H and O–H groups in total. The molecule has 1 aromatic carbocycles. The predicted octanol–water partition coefficient (Wildman–Crippen LogP) is 2.64. The van der Waals surface area contributed by atoms with Gasteiger partial charge in [-0.1, -0.05) is 0 Å². The molecule has 0 unspecified atom stereocenters. The van der Waals surface area contributed by atoms with Crippen LogP contribution in [0.1, 0.15) is 36.7 Å². The first-order valence-corrected chi connectivity index (χ1v) is 7.08. The Hall–Kier alpha value is -2.81. The number of hydrogen-bond donors (Lipinski definition) is 0. The molecule has 2 aromatic rings. The average molecular weight is 314 g/mol. The first-order valence-electron chi connectivity index (χ1n) is 7.08. The predicted molar refractivity (Wildman–Crippen MR) is 83.8 cm³/mol. The quantitative estimate of drug-likeness (QED) is 0.813. The molecule has 6 heteroatoms. The Morgan fingerprint density at radius 3 is 2.57 bits per heavy atom. The van der Waals surface area contributed by atoms with Crippen LogP contribution in [0.15, 0.2) is 24.4 Å². The number of carbonyl (C=O) groups excluding carboxylic acids is 2. The van der Waals surface area contributed by atoms with E-state index >= 15 is 0 Å². The largest absolute Gasteiger partial charge is 0.465 e. The Balaban J connectivity index is 2.41. The van der Waals surface area contributed by atoms with Crippen LogP contribution in [0, 0.1) is 11.3 Å². The van der Waals surface area contributed by atoms with Gasteiger partial charge in [-0.3, -0.25) is 4.79 Å². The summed E-state index contributed by atoms with van der Waals surface area (Å²) in [7, 11) is 1.30.